The van der Waals surface area contributed by atoms with Crippen LogP contribution in [0.2, 0.25) is 0 Å². The van der Waals surface area contributed by atoms with Crippen LogP contribution in [-0.2, 0) is 21.2 Å². The number of hydrogen-bond donors (Lipinski definition) is 3. The monoisotopic (exact) mass is 362 g/mol. The molecule has 0 aliphatic rings. The van der Waals surface area contributed by atoms with Gasteiger partial charge in [0.05, 0.1) is 11.1 Å². The zero-order chi connectivity index (χ0) is 17.6. The summed E-state index contributed by atoms with van der Waals surface area (Å²) in [5.74, 6) is -1.33. The number of carboxylic acids is 1. The standard InChI is InChI=1S/C14H22N2O5S2/c1-9(2)8-11(14(18)19)16-13(17)12-5-4-10(22-12)6-7-15-23(3,20)21/h4-5,9,11,15H,6-8H2,1-3H3,(H,16,17)(H,18,19)/t11-/m1/s1. The summed E-state index contributed by atoms with van der Waals surface area (Å²) < 4.78 is 24.3. The van der Waals surface area contributed by atoms with Crippen LogP contribution < -0.4 is 10.0 Å². The Balaban J connectivity index is 2.62. The van der Waals surface area contributed by atoms with Crippen LogP contribution >= 0.6 is 11.3 Å². The molecule has 0 saturated heterocycles. The van der Waals surface area contributed by atoms with Crippen molar-refractivity contribution in [3.8, 4) is 0 Å². The van der Waals surface area contributed by atoms with E-state index in [1.54, 1.807) is 12.1 Å². The highest BCUT2D eigenvalue weighted by molar-refractivity contribution is 7.88. The topological polar surface area (TPSA) is 113 Å². The molecule has 7 nitrogen and oxygen atoms in total. The first kappa shape index (κ1) is 19.6. The van der Waals surface area contributed by atoms with E-state index in [1.807, 2.05) is 13.8 Å². The van der Waals surface area contributed by atoms with E-state index in [-0.39, 0.29) is 12.5 Å². The number of carboxylic acid groups (broad SMARTS) is 1. The molecule has 1 aromatic rings. The van der Waals surface area contributed by atoms with Crippen molar-refractivity contribution in [1.29, 1.82) is 0 Å². The highest BCUT2D eigenvalue weighted by atomic mass is 32.2. The molecule has 0 bridgehead atoms. The van der Waals surface area contributed by atoms with Crippen LogP contribution in [0.4, 0.5) is 0 Å². The first-order chi connectivity index (χ1) is 10.6. The Morgan fingerprint density at radius 1 is 1.30 bits per heavy atom. The smallest absolute Gasteiger partial charge is 0.326 e. The largest absolute Gasteiger partial charge is 0.480 e. The van der Waals surface area contributed by atoms with E-state index in [2.05, 4.69) is 10.0 Å². The minimum atomic E-state index is -3.23. The maximum absolute atomic E-state index is 12.1. The van der Waals surface area contributed by atoms with Gasteiger partial charge in [0.25, 0.3) is 5.91 Å². The van der Waals surface area contributed by atoms with Gasteiger partial charge in [-0.2, -0.15) is 0 Å². The molecular formula is C14H22N2O5S2. The minimum Gasteiger partial charge on any atom is -0.480 e. The number of hydrogen-bond acceptors (Lipinski definition) is 5. The second kappa shape index (κ2) is 8.42. The van der Waals surface area contributed by atoms with Crippen molar-refractivity contribution in [3.63, 3.8) is 0 Å². The molecule has 1 rings (SSSR count). The molecule has 0 fully saturated rings. The fourth-order valence-electron chi connectivity index (χ4n) is 1.92. The van der Waals surface area contributed by atoms with E-state index in [1.165, 1.54) is 11.3 Å². The summed E-state index contributed by atoms with van der Waals surface area (Å²) >= 11 is 1.22. The Hall–Kier alpha value is -1.45. The van der Waals surface area contributed by atoms with Crippen molar-refractivity contribution in [2.75, 3.05) is 12.8 Å². The molecule has 0 aromatic carbocycles. The summed E-state index contributed by atoms with van der Waals surface area (Å²) in [7, 11) is -3.23. The number of aliphatic carboxylic acids is 1. The number of carbonyl (C=O) groups is 2. The lowest BCUT2D eigenvalue weighted by atomic mass is 10.0. The normalized spacial score (nSPS) is 13.0. The Morgan fingerprint density at radius 3 is 2.48 bits per heavy atom. The highest BCUT2D eigenvalue weighted by Gasteiger charge is 2.22. The highest BCUT2D eigenvalue weighted by Crippen LogP contribution is 2.17. The summed E-state index contributed by atoms with van der Waals surface area (Å²) in [6, 6.07) is 2.44. The second-order valence-corrected chi connectivity index (χ2v) is 8.68. The van der Waals surface area contributed by atoms with Crippen LogP contribution in [-0.4, -0.2) is 44.2 Å². The molecule has 1 heterocycles. The second-order valence-electron chi connectivity index (χ2n) is 5.68. The minimum absolute atomic E-state index is 0.150. The molecule has 0 saturated carbocycles. The van der Waals surface area contributed by atoms with Crippen molar-refractivity contribution in [1.82, 2.24) is 10.0 Å². The van der Waals surface area contributed by atoms with Crippen LogP contribution in [0, 0.1) is 5.92 Å². The van der Waals surface area contributed by atoms with Gasteiger partial charge in [-0.15, -0.1) is 11.3 Å². The third kappa shape index (κ3) is 7.58. The molecule has 0 aliphatic heterocycles. The molecule has 9 heteroatoms. The van der Waals surface area contributed by atoms with Gasteiger partial charge in [-0.05, 0) is 30.9 Å². The summed E-state index contributed by atoms with van der Waals surface area (Å²) in [6.45, 7) is 4.03. The predicted molar refractivity (Wildman–Crippen MR) is 89.2 cm³/mol. The predicted octanol–water partition coefficient (Wildman–Crippen LogP) is 1.07. The lowest BCUT2D eigenvalue weighted by Crippen LogP contribution is -2.41. The lowest BCUT2D eigenvalue weighted by molar-refractivity contribution is -0.139. The molecule has 1 amide bonds. The van der Waals surface area contributed by atoms with Crippen LogP contribution in [0.1, 0.15) is 34.8 Å². The van der Waals surface area contributed by atoms with Crippen LogP contribution in [0.3, 0.4) is 0 Å². The Kier molecular flexibility index (Phi) is 7.17. The van der Waals surface area contributed by atoms with Crippen molar-refractivity contribution in [3.05, 3.63) is 21.9 Å². The number of nitrogens with one attached hydrogen (secondary N) is 2. The third-order valence-electron chi connectivity index (χ3n) is 2.93. The van der Waals surface area contributed by atoms with Gasteiger partial charge in [-0.25, -0.2) is 17.9 Å². The molecule has 0 unspecified atom stereocenters. The van der Waals surface area contributed by atoms with Gasteiger partial charge in [0.15, 0.2) is 0 Å². The van der Waals surface area contributed by atoms with E-state index in [9.17, 15) is 18.0 Å². The molecule has 0 spiro atoms. The summed E-state index contributed by atoms with van der Waals surface area (Å²) in [5.41, 5.74) is 0. The van der Waals surface area contributed by atoms with Gasteiger partial charge in [0, 0.05) is 11.4 Å². The van der Waals surface area contributed by atoms with Crippen molar-refractivity contribution in [2.24, 2.45) is 5.92 Å². The SMILES string of the molecule is CC(C)C[C@@H](NC(=O)c1ccc(CCNS(C)(=O)=O)s1)C(=O)O. The van der Waals surface area contributed by atoms with Gasteiger partial charge < -0.3 is 10.4 Å². The van der Waals surface area contributed by atoms with Crippen LogP contribution in [0.5, 0.6) is 0 Å². The number of thiophene rings is 1. The average molecular weight is 362 g/mol. The molecule has 0 radical (unpaired) electrons. The maximum atomic E-state index is 12.1. The third-order valence-corrected chi connectivity index (χ3v) is 4.80. The van der Waals surface area contributed by atoms with Gasteiger partial charge in [0.2, 0.25) is 10.0 Å². The summed E-state index contributed by atoms with van der Waals surface area (Å²) in [6.07, 6.45) is 1.91. The maximum Gasteiger partial charge on any atom is 0.326 e. The molecule has 0 aliphatic carbocycles. The molecule has 1 aromatic heterocycles. The Labute approximate surface area is 140 Å². The van der Waals surface area contributed by atoms with Crippen molar-refractivity contribution < 1.29 is 23.1 Å². The van der Waals surface area contributed by atoms with Crippen molar-refractivity contribution >= 4 is 33.2 Å². The number of sulfonamides is 1. The van der Waals surface area contributed by atoms with Crippen LogP contribution in [0.25, 0.3) is 0 Å². The van der Waals surface area contributed by atoms with E-state index < -0.39 is 27.9 Å². The van der Waals surface area contributed by atoms with Gasteiger partial charge >= 0.3 is 5.97 Å². The van der Waals surface area contributed by atoms with E-state index in [0.29, 0.717) is 17.7 Å². The average Bonchev–Trinajstić information content (AvgIpc) is 2.84. The molecular weight excluding hydrogens is 340 g/mol. The Bertz CT molecular complexity index is 652. The van der Waals surface area contributed by atoms with Crippen LogP contribution in [0.15, 0.2) is 12.1 Å². The van der Waals surface area contributed by atoms with E-state index in [0.717, 1.165) is 11.1 Å². The summed E-state index contributed by atoms with van der Waals surface area (Å²) in [4.78, 5) is 24.5. The molecule has 23 heavy (non-hydrogen) atoms. The first-order valence-electron chi connectivity index (χ1n) is 7.15. The van der Waals surface area contributed by atoms with Gasteiger partial charge in [-0.1, -0.05) is 13.8 Å². The lowest BCUT2D eigenvalue weighted by Gasteiger charge is -2.15. The summed E-state index contributed by atoms with van der Waals surface area (Å²) in [5, 5.41) is 11.7. The number of carbonyl (C=O) groups excluding carboxylic acids is 1. The number of rotatable bonds is 9. The Morgan fingerprint density at radius 2 is 1.96 bits per heavy atom. The van der Waals surface area contributed by atoms with E-state index in [4.69, 9.17) is 5.11 Å². The zero-order valence-corrected chi connectivity index (χ0v) is 15.0. The zero-order valence-electron chi connectivity index (χ0n) is 13.3. The quantitative estimate of drug-likeness (QED) is 0.608. The fourth-order valence-corrected chi connectivity index (χ4v) is 3.30. The molecule has 1 atom stereocenters. The van der Waals surface area contributed by atoms with Gasteiger partial charge in [0.1, 0.15) is 6.04 Å². The van der Waals surface area contributed by atoms with E-state index >= 15 is 0 Å². The van der Waals surface area contributed by atoms with Gasteiger partial charge in [-0.3, -0.25) is 4.79 Å². The molecule has 3 N–H and O–H groups in total. The fraction of sp³-hybridized carbons (Fsp3) is 0.571. The first-order valence-corrected chi connectivity index (χ1v) is 9.86. The van der Waals surface area contributed by atoms with Crippen molar-refractivity contribution in [2.45, 2.75) is 32.7 Å². The number of amides is 1. The molecule has 130 valence electrons.